The van der Waals surface area contributed by atoms with Crippen LogP contribution in [0.2, 0.25) is 0 Å². The van der Waals surface area contributed by atoms with Crippen molar-refractivity contribution in [3.05, 3.63) is 241 Å². The van der Waals surface area contributed by atoms with Gasteiger partial charge < -0.3 is 30.7 Å². The van der Waals surface area contributed by atoms with E-state index >= 15 is 0 Å². The normalized spacial score (nSPS) is 10.3. The molecule has 0 aliphatic heterocycles. The minimum absolute atomic E-state index is 0.111. The van der Waals surface area contributed by atoms with Crippen LogP contribution in [0.25, 0.3) is 0 Å². The Balaban J connectivity index is 0.000000160. The maximum absolute atomic E-state index is 14.0. The van der Waals surface area contributed by atoms with E-state index in [0.29, 0.717) is 33.8 Å². The van der Waals surface area contributed by atoms with E-state index in [4.69, 9.17) is 0 Å². The number of amides is 3. The molecule has 0 atom stereocenters. The van der Waals surface area contributed by atoms with Gasteiger partial charge in [-0.15, -0.1) is 0 Å². The molecule has 3 heterocycles. The summed E-state index contributed by atoms with van der Waals surface area (Å²) in [6.07, 6.45) is 13.2. The monoisotopic (exact) mass is 971 g/mol. The minimum atomic E-state index is -0.444. The standard InChI is InChI=1S/C20H19N3O.C19H17FN4O.C19H18N4O/c1-15-6-3-7-16(12-15)20(24)22-17-8-4-9-18(13-17)23(2)19-10-5-11-21-14-19;1-13-4-3-5-14(6-13)19(25)23-16-7-15(20)8-17(9-16)24(2)18-10-21-12-22-11-18;1-14-5-3-6-15(9-14)19(24)22-16-7-4-8-17(10-16)23(2)18-11-20-13-21-12-18/h3-14H,1-2H3,(H,22,24);3-12H,1-2H3,(H,23,25);3-13H,1-2H3,(H,22,24). The predicted molar refractivity (Wildman–Crippen MR) is 289 cm³/mol. The molecule has 9 rings (SSSR count). The van der Waals surface area contributed by atoms with Gasteiger partial charge in [0.25, 0.3) is 17.7 Å². The van der Waals surface area contributed by atoms with Crippen molar-refractivity contribution in [2.75, 3.05) is 51.8 Å². The van der Waals surface area contributed by atoms with E-state index in [9.17, 15) is 18.8 Å². The van der Waals surface area contributed by atoms with Crippen molar-refractivity contribution in [1.29, 1.82) is 0 Å². The van der Waals surface area contributed by atoms with Gasteiger partial charge >= 0.3 is 0 Å². The number of hydrogen-bond acceptors (Lipinski definition) is 11. The van der Waals surface area contributed by atoms with E-state index < -0.39 is 5.82 Å². The highest BCUT2D eigenvalue weighted by atomic mass is 19.1. The van der Waals surface area contributed by atoms with Gasteiger partial charge in [-0.1, -0.05) is 65.2 Å². The number of rotatable bonds is 12. The van der Waals surface area contributed by atoms with Gasteiger partial charge in [0.2, 0.25) is 0 Å². The van der Waals surface area contributed by atoms with Crippen molar-refractivity contribution in [3.8, 4) is 0 Å². The fraction of sp³-hybridized carbons (Fsp3) is 0.103. The summed E-state index contributed by atoms with van der Waals surface area (Å²) in [5.41, 5.74) is 11.9. The van der Waals surface area contributed by atoms with Crippen LogP contribution in [0, 0.1) is 26.6 Å². The highest BCUT2D eigenvalue weighted by molar-refractivity contribution is 6.06. The van der Waals surface area contributed by atoms with E-state index in [0.717, 1.165) is 50.8 Å². The van der Waals surface area contributed by atoms with E-state index in [-0.39, 0.29) is 17.7 Å². The summed E-state index contributed by atoms with van der Waals surface area (Å²) >= 11 is 0. The summed E-state index contributed by atoms with van der Waals surface area (Å²) in [5.74, 6) is -0.965. The predicted octanol–water partition coefficient (Wildman–Crippen LogP) is 12.2. The first-order valence-electron chi connectivity index (χ1n) is 23.1. The van der Waals surface area contributed by atoms with Gasteiger partial charge in [-0.05, 0) is 124 Å². The molecule has 73 heavy (non-hydrogen) atoms. The van der Waals surface area contributed by atoms with Crippen LogP contribution >= 0.6 is 0 Å². The first-order valence-corrected chi connectivity index (χ1v) is 23.1. The Bertz CT molecular complexity index is 3150. The molecule has 0 radical (unpaired) electrons. The molecule has 3 amide bonds. The third kappa shape index (κ3) is 14.7. The Morgan fingerprint density at radius 3 is 1.18 bits per heavy atom. The molecule has 0 aliphatic carbocycles. The van der Waals surface area contributed by atoms with E-state index in [2.05, 4.69) is 40.9 Å². The number of pyridine rings is 1. The van der Waals surface area contributed by atoms with Crippen LogP contribution in [0.3, 0.4) is 0 Å². The largest absolute Gasteiger partial charge is 0.343 e. The molecule has 0 aliphatic rings. The number of carbonyl (C=O) groups excluding carboxylic acids is 3. The van der Waals surface area contributed by atoms with Crippen LogP contribution in [0.15, 0.2) is 201 Å². The summed E-state index contributed by atoms with van der Waals surface area (Å²) in [5, 5.41) is 8.62. The summed E-state index contributed by atoms with van der Waals surface area (Å²) < 4.78 is 14.0. The quantitative estimate of drug-likeness (QED) is 0.107. The van der Waals surface area contributed by atoms with Gasteiger partial charge in [0, 0.05) is 78.2 Å². The maximum atomic E-state index is 14.0. The molecule has 0 unspecified atom stereocenters. The minimum Gasteiger partial charge on any atom is -0.343 e. The SMILES string of the molecule is Cc1cccc(C(=O)Nc2cc(F)cc(N(C)c3cncnc3)c2)c1.Cc1cccc(C(=O)Nc2cccc(N(C)c3cccnc3)c2)c1.Cc1cccc(C(=O)Nc2cccc(N(C)c3cncnc3)c2)c1. The topological polar surface area (TPSA) is 161 Å². The van der Waals surface area contributed by atoms with Crippen molar-refractivity contribution >= 4 is 68.9 Å². The zero-order chi connectivity index (χ0) is 51.7. The number of nitrogens with one attached hydrogen (secondary N) is 3. The Morgan fingerprint density at radius 2 is 0.753 bits per heavy atom. The fourth-order valence-electron chi connectivity index (χ4n) is 7.32. The van der Waals surface area contributed by atoms with Crippen molar-refractivity contribution in [2.24, 2.45) is 0 Å². The molecule has 0 saturated carbocycles. The molecule has 6 aromatic carbocycles. The lowest BCUT2D eigenvalue weighted by atomic mass is 10.1. The third-order valence-electron chi connectivity index (χ3n) is 11.3. The first kappa shape index (κ1) is 51.2. The fourth-order valence-corrected chi connectivity index (χ4v) is 7.32. The summed E-state index contributed by atoms with van der Waals surface area (Å²) in [6, 6.07) is 45.9. The first-order chi connectivity index (χ1) is 35.3. The number of halogens is 1. The average molecular weight is 972 g/mol. The van der Waals surface area contributed by atoms with Crippen LogP contribution in [-0.4, -0.2) is 63.8 Å². The smallest absolute Gasteiger partial charge is 0.255 e. The Morgan fingerprint density at radius 1 is 0.384 bits per heavy atom. The molecule has 9 aromatic rings. The summed E-state index contributed by atoms with van der Waals surface area (Å²) in [4.78, 5) is 62.9. The molecule has 0 bridgehead atoms. The zero-order valence-corrected chi connectivity index (χ0v) is 41.2. The number of aryl methyl sites for hydroxylation is 3. The molecule has 0 saturated heterocycles. The second-order valence-electron chi connectivity index (χ2n) is 16.9. The van der Waals surface area contributed by atoms with Crippen molar-refractivity contribution in [2.45, 2.75) is 20.8 Å². The summed E-state index contributed by atoms with van der Waals surface area (Å²) in [7, 11) is 5.68. The molecule has 366 valence electrons. The Kier molecular flexibility index (Phi) is 17.4. The van der Waals surface area contributed by atoms with Crippen LogP contribution in [-0.2, 0) is 0 Å². The zero-order valence-electron chi connectivity index (χ0n) is 41.2. The Hall–Kier alpha value is -9.63. The number of benzene rings is 6. The third-order valence-corrected chi connectivity index (χ3v) is 11.3. The van der Waals surface area contributed by atoms with Crippen LogP contribution in [0.1, 0.15) is 47.8 Å². The van der Waals surface area contributed by atoms with Crippen molar-refractivity contribution in [1.82, 2.24) is 24.9 Å². The van der Waals surface area contributed by atoms with Gasteiger partial charge in [-0.2, -0.15) is 0 Å². The number of carbonyl (C=O) groups is 3. The Labute approximate surface area is 424 Å². The lowest BCUT2D eigenvalue weighted by Crippen LogP contribution is -2.14. The van der Waals surface area contributed by atoms with Gasteiger partial charge in [-0.3, -0.25) is 19.4 Å². The molecular weight excluding hydrogens is 918 g/mol. The highest BCUT2D eigenvalue weighted by Crippen LogP contribution is 2.29. The van der Waals surface area contributed by atoms with Crippen molar-refractivity contribution in [3.63, 3.8) is 0 Å². The number of anilines is 9. The molecular formula is C58H54FN11O3. The number of hydrogen-bond donors (Lipinski definition) is 3. The van der Waals surface area contributed by atoms with E-state index in [1.165, 1.54) is 24.8 Å². The number of aromatic nitrogens is 5. The van der Waals surface area contributed by atoms with Gasteiger partial charge in [-0.25, -0.2) is 24.3 Å². The maximum Gasteiger partial charge on any atom is 0.255 e. The van der Waals surface area contributed by atoms with Gasteiger partial charge in [0.05, 0.1) is 48.0 Å². The van der Waals surface area contributed by atoms with Crippen LogP contribution in [0.4, 0.5) is 55.6 Å². The van der Waals surface area contributed by atoms with E-state index in [1.54, 1.807) is 73.4 Å². The molecule has 0 fully saturated rings. The van der Waals surface area contributed by atoms with Crippen LogP contribution < -0.4 is 30.7 Å². The lowest BCUT2D eigenvalue weighted by molar-refractivity contribution is 0.101. The highest BCUT2D eigenvalue weighted by Gasteiger charge is 2.13. The molecule has 3 aromatic heterocycles. The second-order valence-corrected chi connectivity index (χ2v) is 16.9. The van der Waals surface area contributed by atoms with Gasteiger partial charge in [0.1, 0.15) is 18.5 Å². The number of nitrogens with zero attached hydrogens (tertiary/aromatic N) is 8. The van der Waals surface area contributed by atoms with Crippen LogP contribution in [0.5, 0.6) is 0 Å². The molecule has 3 N–H and O–H groups in total. The molecule has 0 spiro atoms. The van der Waals surface area contributed by atoms with E-state index in [1.807, 2.05) is 160 Å². The lowest BCUT2D eigenvalue weighted by Gasteiger charge is -2.19. The van der Waals surface area contributed by atoms with Gasteiger partial charge in [0.15, 0.2) is 0 Å². The molecule has 14 nitrogen and oxygen atoms in total. The summed E-state index contributed by atoms with van der Waals surface area (Å²) in [6.45, 7) is 5.85. The average Bonchev–Trinajstić information content (AvgIpc) is 3.41. The molecule has 15 heteroatoms. The second kappa shape index (κ2) is 24.8. The van der Waals surface area contributed by atoms with Crippen molar-refractivity contribution < 1.29 is 18.8 Å².